The number of amides is 1. The highest BCUT2D eigenvalue weighted by molar-refractivity contribution is 5.96. The normalized spacial score (nSPS) is 10.6. The van der Waals surface area contributed by atoms with Gasteiger partial charge in [-0.25, -0.2) is 4.98 Å². The third-order valence-electron chi connectivity index (χ3n) is 5.09. The van der Waals surface area contributed by atoms with E-state index in [2.05, 4.69) is 15.3 Å². The molecular formula is C26H25N3O3. The summed E-state index contributed by atoms with van der Waals surface area (Å²) >= 11 is 0. The fourth-order valence-electron chi connectivity index (χ4n) is 3.38. The lowest BCUT2D eigenvalue weighted by molar-refractivity contribution is 0.0947. The summed E-state index contributed by atoms with van der Waals surface area (Å²) in [6, 6.07) is 23.0. The van der Waals surface area contributed by atoms with E-state index in [0.29, 0.717) is 24.5 Å². The fourth-order valence-corrected chi connectivity index (χ4v) is 3.38. The first-order chi connectivity index (χ1) is 15.7. The zero-order valence-electron chi connectivity index (χ0n) is 18.1. The van der Waals surface area contributed by atoms with Crippen LogP contribution in [0, 0.1) is 0 Å². The van der Waals surface area contributed by atoms with E-state index in [-0.39, 0.29) is 5.91 Å². The summed E-state index contributed by atoms with van der Waals surface area (Å²) in [6.45, 7) is 2.84. The summed E-state index contributed by atoms with van der Waals surface area (Å²) in [4.78, 5) is 20.4. The number of aromatic nitrogens is 2. The highest BCUT2D eigenvalue weighted by atomic mass is 16.5. The van der Waals surface area contributed by atoms with E-state index in [9.17, 15) is 4.79 Å². The number of imidazole rings is 1. The van der Waals surface area contributed by atoms with Gasteiger partial charge in [0.25, 0.3) is 5.91 Å². The SMILES string of the molecule is CCOc1ccccc1C(=O)NCc1ccc(-c2ncc(-c3ccc(OC)cc3)[nH]2)cc1. The van der Waals surface area contributed by atoms with Crippen LogP contribution in [-0.4, -0.2) is 29.6 Å². The Labute approximate surface area is 187 Å². The zero-order valence-corrected chi connectivity index (χ0v) is 18.1. The Morgan fingerprint density at radius 2 is 1.69 bits per heavy atom. The molecule has 0 aliphatic heterocycles. The monoisotopic (exact) mass is 427 g/mol. The van der Waals surface area contributed by atoms with Gasteiger partial charge in [-0.3, -0.25) is 4.79 Å². The molecule has 0 bridgehead atoms. The quantitative estimate of drug-likeness (QED) is 0.411. The molecule has 0 aliphatic carbocycles. The summed E-state index contributed by atoms with van der Waals surface area (Å²) in [7, 11) is 1.65. The molecule has 162 valence electrons. The minimum Gasteiger partial charge on any atom is -0.497 e. The van der Waals surface area contributed by atoms with E-state index < -0.39 is 0 Å². The van der Waals surface area contributed by atoms with Crippen molar-refractivity contribution in [1.29, 1.82) is 0 Å². The molecule has 0 aliphatic rings. The average Bonchev–Trinajstić information content (AvgIpc) is 3.34. The molecule has 2 N–H and O–H groups in total. The summed E-state index contributed by atoms with van der Waals surface area (Å²) < 4.78 is 10.8. The predicted molar refractivity (Wildman–Crippen MR) is 125 cm³/mol. The van der Waals surface area contributed by atoms with Crippen LogP contribution in [0.2, 0.25) is 0 Å². The maximum atomic E-state index is 12.6. The van der Waals surface area contributed by atoms with Crippen LogP contribution >= 0.6 is 0 Å². The molecule has 0 spiro atoms. The standard InChI is InChI=1S/C26H25N3O3/c1-3-32-24-7-5-4-6-22(24)26(30)28-16-18-8-10-20(11-9-18)25-27-17-23(29-25)19-12-14-21(31-2)15-13-19/h4-15,17H,3,16H2,1-2H3,(H,27,29)(H,28,30). The Bertz CT molecular complexity index is 1180. The highest BCUT2D eigenvalue weighted by Gasteiger charge is 2.12. The summed E-state index contributed by atoms with van der Waals surface area (Å²) in [5.74, 6) is 2.04. The molecule has 0 fully saturated rings. The Morgan fingerprint density at radius 3 is 2.41 bits per heavy atom. The lowest BCUT2D eigenvalue weighted by Gasteiger charge is -2.10. The molecule has 3 aromatic carbocycles. The Balaban J connectivity index is 1.40. The highest BCUT2D eigenvalue weighted by Crippen LogP contribution is 2.24. The number of ether oxygens (including phenoxy) is 2. The first-order valence-electron chi connectivity index (χ1n) is 10.5. The first-order valence-corrected chi connectivity index (χ1v) is 10.5. The second-order valence-corrected chi connectivity index (χ2v) is 7.18. The largest absolute Gasteiger partial charge is 0.497 e. The van der Waals surface area contributed by atoms with Gasteiger partial charge in [-0.1, -0.05) is 36.4 Å². The van der Waals surface area contributed by atoms with Gasteiger partial charge in [0.2, 0.25) is 0 Å². The Hall–Kier alpha value is -4.06. The number of benzene rings is 3. The number of H-pyrrole nitrogens is 1. The number of carbonyl (C=O) groups is 1. The Morgan fingerprint density at radius 1 is 0.969 bits per heavy atom. The molecule has 0 saturated carbocycles. The second kappa shape index (κ2) is 9.83. The van der Waals surface area contributed by atoms with Crippen LogP contribution in [0.25, 0.3) is 22.6 Å². The molecule has 6 nitrogen and oxygen atoms in total. The van der Waals surface area contributed by atoms with Gasteiger partial charge in [0.1, 0.15) is 17.3 Å². The van der Waals surface area contributed by atoms with Crippen LogP contribution in [0.1, 0.15) is 22.8 Å². The topological polar surface area (TPSA) is 76.2 Å². The molecule has 6 heteroatoms. The third-order valence-corrected chi connectivity index (χ3v) is 5.09. The zero-order chi connectivity index (χ0) is 22.3. The summed E-state index contributed by atoms with van der Waals surface area (Å²) in [5.41, 5.74) is 4.48. The second-order valence-electron chi connectivity index (χ2n) is 7.18. The number of methoxy groups -OCH3 is 1. The molecular weight excluding hydrogens is 402 g/mol. The van der Waals surface area contributed by atoms with Gasteiger partial charge < -0.3 is 19.8 Å². The predicted octanol–water partition coefficient (Wildman–Crippen LogP) is 5.08. The van der Waals surface area contributed by atoms with Gasteiger partial charge >= 0.3 is 0 Å². The van der Waals surface area contributed by atoms with Crippen molar-refractivity contribution in [1.82, 2.24) is 15.3 Å². The molecule has 0 unspecified atom stereocenters. The number of para-hydroxylation sites is 1. The van der Waals surface area contributed by atoms with Crippen molar-refractivity contribution >= 4 is 5.91 Å². The van der Waals surface area contributed by atoms with E-state index in [1.165, 1.54) is 0 Å². The number of hydrogen-bond acceptors (Lipinski definition) is 4. The van der Waals surface area contributed by atoms with Crippen LogP contribution in [-0.2, 0) is 6.54 Å². The molecule has 0 radical (unpaired) electrons. The number of carbonyl (C=O) groups excluding carboxylic acids is 1. The molecule has 0 saturated heterocycles. The average molecular weight is 428 g/mol. The first kappa shape index (κ1) is 21.2. The van der Waals surface area contributed by atoms with E-state index in [0.717, 1.165) is 34.0 Å². The van der Waals surface area contributed by atoms with Crippen LogP contribution in [0.5, 0.6) is 11.5 Å². The lowest BCUT2D eigenvalue weighted by Crippen LogP contribution is -2.23. The van der Waals surface area contributed by atoms with Crippen LogP contribution in [0.4, 0.5) is 0 Å². The van der Waals surface area contributed by atoms with E-state index in [1.807, 2.05) is 73.8 Å². The molecule has 1 aromatic heterocycles. The van der Waals surface area contributed by atoms with Crippen LogP contribution in [0.3, 0.4) is 0 Å². The minimum atomic E-state index is -0.159. The Kier molecular flexibility index (Phi) is 6.51. The van der Waals surface area contributed by atoms with Crippen molar-refractivity contribution in [3.05, 3.63) is 90.1 Å². The van der Waals surface area contributed by atoms with E-state index >= 15 is 0 Å². The van der Waals surface area contributed by atoms with Crippen molar-refractivity contribution in [3.8, 4) is 34.1 Å². The van der Waals surface area contributed by atoms with Crippen molar-refractivity contribution in [2.75, 3.05) is 13.7 Å². The smallest absolute Gasteiger partial charge is 0.255 e. The van der Waals surface area contributed by atoms with Gasteiger partial charge in [0.05, 0.1) is 31.2 Å². The molecule has 32 heavy (non-hydrogen) atoms. The number of hydrogen-bond donors (Lipinski definition) is 2. The van der Waals surface area contributed by atoms with E-state index in [1.54, 1.807) is 19.2 Å². The van der Waals surface area contributed by atoms with Crippen molar-refractivity contribution in [3.63, 3.8) is 0 Å². The van der Waals surface area contributed by atoms with Gasteiger partial charge in [-0.2, -0.15) is 0 Å². The maximum Gasteiger partial charge on any atom is 0.255 e. The molecule has 4 aromatic rings. The fraction of sp³-hybridized carbons (Fsp3) is 0.154. The molecule has 1 heterocycles. The summed E-state index contributed by atoms with van der Waals surface area (Å²) in [6.07, 6.45) is 1.82. The number of nitrogens with zero attached hydrogens (tertiary/aromatic N) is 1. The maximum absolute atomic E-state index is 12.6. The van der Waals surface area contributed by atoms with Gasteiger partial charge in [-0.05, 0) is 54.4 Å². The summed E-state index contributed by atoms with van der Waals surface area (Å²) in [5, 5.41) is 2.96. The van der Waals surface area contributed by atoms with Crippen molar-refractivity contribution in [2.24, 2.45) is 0 Å². The van der Waals surface area contributed by atoms with Crippen LogP contribution in [0.15, 0.2) is 79.0 Å². The molecule has 4 rings (SSSR count). The van der Waals surface area contributed by atoms with Gasteiger partial charge in [0, 0.05) is 12.1 Å². The third kappa shape index (κ3) is 4.81. The number of aromatic amines is 1. The lowest BCUT2D eigenvalue weighted by atomic mass is 10.1. The van der Waals surface area contributed by atoms with Gasteiger partial charge in [-0.15, -0.1) is 0 Å². The van der Waals surface area contributed by atoms with Crippen molar-refractivity contribution in [2.45, 2.75) is 13.5 Å². The number of rotatable bonds is 8. The number of nitrogens with one attached hydrogen (secondary N) is 2. The molecule has 1 amide bonds. The van der Waals surface area contributed by atoms with E-state index in [4.69, 9.17) is 9.47 Å². The molecule has 0 atom stereocenters. The minimum absolute atomic E-state index is 0.159. The van der Waals surface area contributed by atoms with Crippen molar-refractivity contribution < 1.29 is 14.3 Å². The van der Waals surface area contributed by atoms with Crippen LogP contribution < -0.4 is 14.8 Å². The van der Waals surface area contributed by atoms with Gasteiger partial charge in [0.15, 0.2) is 0 Å².